The number of hydrogen-bond acceptors (Lipinski definition) is 3. The second-order valence-corrected chi connectivity index (χ2v) is 3.80. The van der Waals surface area contributed by atoms with Gasteiger partial charge in [0, 0.05) is 9.50 Å². The van der Waals surface area contributed by atoms with Crippen LogP contribution in [0.1, 0.15) is 0 Å². The molecule has 0 unspecified atom stereocenters. The van der Waals surface area contributed by atoms with Gasteiger partial charge in [-0.1, -0.05) is 11.6 Å². The van der Waals surface area contributed by atoms with Crippen LogP contribution in [-0.2, 0) is 0 Å². The van der Waals surface area contributed by atoms with Crippen LogP contribution in [0.5, 0.6) is 0 Å². The van der Waals surface area contributed by atoms with Crippen molar-refractivity contribution in [2.45, 2.75) is 0 Å². The quantitative estimate of drug-likeness (QED) is 0.802. The van der Waals surface area contributed by atoms with Crippen LogP contribution < -0.4 is 5.76 Å². The molecule has 0 radical (unpaired) electrons. The van der Waals surface area contributed by atoms with E-state index in [0.717, 1.165) is 15.5 Å². The highest BCUT2D eigenvalue weighted by Crippen LogP contribution is 2.22. The smallest absolute Gasteiger partial charge is 0.395 e. The second-order valence-electron chi connectivity index (χ2n) is 2.51. The minimum atomic E-state index is -0.548. The Balaban J connectivity index is 2.68. The largest absolute Gasteiger partial charge is 0.441 e. The first kappa shape index (κ1) is 9.48. The molecule has 0 aliphatic heterocycles. The Morgan fingerprint density at radius 1 is 1.50 bits per heavy atom. The Hall–Kier alpha value is -1.07. The molecule has 0 atom stereocenters. The molecule has 4 nitrogen and oxygen atoms in total. The van der Waals surface area contributed by atoms with E-state index in [1.807, 2.05) is 0 Å². The van der Waals surface area contributed by atoms with E-state index in [2.05, 4.69) is 25.4 Å². The van der Waals surface area contributed by atoms with Crippen LogP contribution in [0.2, 0.25) is 5.02 Å². The molecular formula is C8H4BrClN2O2. The summed E-state index contributed by atoms with van der Waals surface area (Å²) >= 11 is 9.08. The summed E-state index contributed by atoms with van der Waals surface area (Å²) in [7, 11) is 0. The molecule has 0 amide bonds. The zero-order valence-corrected chi connectivity index (χ0v) is 9.12. The Bertz CT molecular complexity index is 520. The van der Waals surface area contributed by atoms with Gasteiger partial charge in [-0.15, -0.1) is 5.10 Å². The highest BCUT2D eigenvalue weighted by molar-refractivity contribution is 9.10. The Labute approximate surface area is 92.2 Å². The second kappa shape index (κ2) is 3.59. The third-order valence-electron chi connectivity index (χ3n) is 1.63. The van der Waals surface area contributed by atoms with Gasteiger partial charge in [0.15, 0.2) is 0 Å². The summed E-state index contributed by atoms with van der Waals surface area (Å²) in [5.41, 5.74) is 0.552. The number of rotatable bonds is 1. The molecule has 0 aliphatic rings. The molecule has 0 spiro atoms. The van der Waals surface area contributed by atoms with Gasteiger partial charge in [0.1, 0.15) is 0 Å². The van der Waals surface area contributed by atoms with Crippen LogP contribution in [0.3, 0.4) is 0 Å². The van der Waals surface area contributed by atoms with Gasteiger partial charge in [0.05, 0.1) is 5.69 Å². The SMILES string of the molecule is O=c1ocnn1-c1cc(Cl)ccc1Br. The molecular weight excluding hydrogens is 271 g/mol. The first-order valence-electron chi connectivity index (χ1n) is 3.67. The fraction of sp³-hybridized carbons (Fsp3) is 0. The van der Waals surface area contributed by atoms with E-state index in [-0.39, 0.29) is 0 Å². The highest BCUT2D eigenvalue weighted by Gasteiger charge is 2.07. The summed E-state index contributed by atoms with van der Waals surface area (Å²) in [4.78, 5) is 11.2. The van der Waals surface area contributed by atoms with Crippen LogP contribution in [0.15, 0.2) is 38.3 Å². The van der Waals surface area contributed by atoms with E-state index < -0.39 is 5.76 Å². The molecule has 14 heavy (non-hydrogen) atoms. The Kier molecular flexibility index (Phi) is 2.43. The fourth-order valence-electron chi connectivity index (χ4n) is 1.02. The average Bonchev–Trinajstić information content (AvgIpc) is 2.56. The summed E-state index contributed by atoms with van der Waals surface area (Å²) in [6.07, 6.45) is 1.08. The van der Waals surface area contributed by atoms with Gasteiger partial charge in [0.25, 0.3) is 0 Å². The van der Waals surface area contributed by atoms with Gasteiger partial charge in [0.2, 0.25) is 6.39 Å². The molecule has 2 rings (SSSR count). The van der Waals surface area contributed by atoms with Gasteiger partial charge < -0.3 is 4.42 Å². The summed E-state index contributed by atoms with van der Waals surface area (Å²) in [5.74, 6) is -0.548. The van der Waals surface area contributed by atoms with E-state index >= 15 is 0 Å². The number of aromatic nitrogens is 2. The van der Waals surface area contributed by atoms with Crippen molar-refractivity contribution < 1.29 is 4.42 Å². The molecule has 0 bridgehead atoms. The molecule has 1 aromatic heterocycles. The standard InChI is InChI=1S/C8H4BrClN2O2/c9-6-2-1-5(10)3-7(6)12-8(13)14-4-11-12/h1-4H. The van der Waals surface area contributed by atoms with Crippen molar-refractivity contribution in [1.82, 2.24) is 9.78 Å². The van der Waals surface area contributed by atoms with Crippen LogP contribution in [0, 0.1) is 0 Å². The van der Waals surface area contributed by atoms with Crippen LogP contribution in [0.4, 0.5) is 0 Å². The molecule has 1 heterocycles. The number of halogens is 2. The first-order valence-corrected chi connectivity index (χ1v) is 4.84. The van der Waals surface area contributed by atoms with Gasteiger partial charge >= 0.3 is 5.76 Å². The zero-order valence-electron chi connectivity index (χ0n) is 6.78. The van der Waals surface area contributed by atoms with Crippen molar-refractivity contribution in [3.8, 4) is 5.69 Å². The van der Waals surface area contributed by atoms with Crippen molar-refractivity contribution in [2.24, 2.45) is 0 Å². The third kappa shape index (κ3) is 1.60. The zero-order chi connectivity index (χ0) is 10.1. The van der Waals surface area contributed by atoms with Crippen molar-refractivity contribution in [1.29, 1.82) is 0 Å². The molecule has 6 heteroatoms. The molecule has 0 saturated heterocycles. The maximum Gasteiger partial charge on any atom is 0.441 e. The van der Waals surface area contributed by atoms with Gasteiger partial charge in [-0.05, 0) is 34.1 Å². The normalized spacial score (nSPS) is 10.4. The lowest BCUT2D eigenvalue weighted by atomic mass is 10.3. The lowest BCUT2D eigenvalue weighted by Crippen LogP contribution is -2.13. The topological polar surface area (TPSA) is 48.0 Å². The predicted molar refractivity (Wildman–Crippen MR) is 54.8 cm³/mol. The predicted octanol–water partition coefficient (Wildman–Crippen LogP) is 2.24. The maximum atomic E-state index is 11.2. The molecule has 1 aromatic carbocycles. The number of benzene rings is 1. The lowest BCUT2D eigenvalue weighted by Gasteiger charge is -2.01. The van der Waals surface area contributed by atoms with Gasteiger partial charge in [-0.2, -0.15) is 4.68 Å². The van der Waals surface area contributed by atoms with E-state index in [1.165, 1.54) is 0 Å². The summed E-state index contributed by atoms with van der Waals surface area (Å²) in [6.45, 7) is 0. The molecule has 0 saturated carbocycles. The third-order valence-corrected chi connectivity index (χ3v) is 2.53. The molecule has 72 valence electrons. The van der Waals surface area contributed by atoms with Crippen molar-refractivity contribution in [3.05, 3.63) is 44.6 Å². The van der Waals surface area contributed by atoms with Crippen molar-refractivity contribution >= 4 is 27.5 Å². The summed E-state index contributed by atoms with van der Waals surface area (Å²) in [5, 5.41) is 4.26. The lowest BCUT2D eigenvalue weighted by molar-refractivity contribution is 0.503. The van der Waals surface area contributed by atoms with E-state index in [9.17, 15) is 4.79 Å². The summed E-state index contributed by atoms with van der Waals surface area (Å²) in [6, 6.07) is 5.06. The molecule has 2 aromatic rings. The average molecular weight is 275 g/mol. The number of hydrogen-bond donors (Lipinski definition) is 0. The van der Waals surface area contributed by atoms with E-state index in [0.29, 0.717) is 10.7 Å². The first-order chi connectivity index (χ1) is 6.68. The van der Waals surface area contributed by atoms with Crippen molar-refractivity contribution in [2.75, 3.05) is 0 Å². The highest BCUT2D eigenvalue weighted by atomic mass is 79.9. The minimum absolute atomic E-state index is 0.526. The van der Waals surface area contributed by atoms with Crippen molar-refractivity contribution in [3.63, 3.8) is 0 Å². The molecule has 0 aliphatic carbocycles. The van der Waals surface area contributed by atoms with Crippen LogP contribution in [0.25, 0.3) is 5.69 Å². The fourth-order valence-corrected chi connectivity index (χ4v) is 1.60. The molecule has 0 fully saturated rings. The van der Waals surface area contributed by atoms with E-state index in [1.54, 1.807) is 18.2 Å². The Morgan fingerprint density at radius 2 is 2.29 bits per heavy atom. The monoisotopic (exact) mass is 274 g/mol. The van der Waals surface area contributed by atoms with Gasteiger partial charge in [-0.25, -0.2) is 4.79 Å². The Morgan fingerprint density at radius 3 is 2.93 bits per heavy atom. The van der Waals surface area contributed by atoms with E-state index in [4.69, 9.17) is 11.6 Å². The van der Waals surface area contributed by atoms with Crippen LogP contribution >= 0.6 is 27.5 Å². The minimum Gasteiger partial charge on any atom is -0.395 e. The van der Waals surface area contributed by atoms with Crippen LogP contribution in [-0.4, -0.2) is 9.78 Å². The molecule has 0 N–H and O–H groups in total. The van der Waals surface area contributed by atoms with Gasteiger partial charge in [-0.3, -0.25) is 0 Å². The maximum absolute atomic E-state index is 11.2. The summed E-state index contributed by atoms with van der Waals surface area (Å²) < 4.78 is 6.39. The number of nitrogens with zero attached hydrogens (tertiary/aromatic N) is 2.